The fourth-order valence-electron chi connectivity index (χ4n) is 3.39. The lowest BCUT2D eigenvalue weighted by Crippen LogP contribution is -2.42. The van der Waals surface area contributed by atoms with Gasteiger partial charge in [-0.15, -0.1) is 24.8 Å². The molecule has 0 amide bonds. The maximum absolute atomic E-state index is 12.6. The SMILES string of the molecule is COc1ccc2c3c(c(=O)oc2c1OC)CN(CC(C)N(C)C)CC3.Cl.Cl. The average molecular weight is 419 g/mol. The van der Waals surface area contributed by atoms with Crippen LogP contribution in [-0.4, -0.2) is 57.2 Å². The first-order valence-electron chi connectivity index (χ1n) is 8.54. The van der Waals surface area contributed by atoms with E-state index in [2.05, 4.69) is 30.8 Å². The molecule has 3 rings (SSSR count). The van der Waals surface area contributed by atoms with Gasteiger partial charge in [0.25, 0.3) is 0 Å². The number of rotatable bonds is 5. The summed E-state index contributed by atoms with van der Waals surface area (Å²) in [5, 5.41) is 0.938. The quantitative estimate of drug-likeness (QED) is 0.695. The van der Waals surface area contributed by atoms with Crippen LogP contribution in [0.4, 0.5) is 0 Å². The molecule has 0 fully saturated rings. The van der Waals surface area contributed by atoms with Crippen LogP contribution in [0.2, 0.25) is 0 Å². The monoisotopic (exact) mass is 418 g/mol. The molecule has 1 unspecified atom stereocenters. The number of likely N-dealkylation sites (N-methyl/N-ethyl adjacent to an activating group) is 1. The summed E-state index contributed by atoms with van der Waals surface area (Å²) in [4.78, 5) is 17.1. The Morgan fingerprint density at radius 1 is 1.19 bits per heavy atom. The van der Waals surface area contributed by atoms with Crippen molar-refractivity contribution in [2.24, 2.45) is 0 Å². The highest BCUT2D eigenvalue weighted by Crippen LogP contribution is 2.37. The summed E-state index contributed by atoms with van der Waals surface area (Å²) in [6.07, 6.45) is 0.826. The predicted molar refractivity (Wildman–Crippen MR) is 112 cm³/mol. The van der Waals surface area contributed by atoms with Crippen molar-refractivity contribution in [3.8, 4) is 11.5 Å². The lowest BCUT2D eigenvalue weighted by Gasteiger charge is -2.32. The molecule has 1 aromatic carbocycles. The van der Waals surface area contributed by atoms with Crippen LogP contribution in [-0.2, 0) is 13.0 Å². The first-order valence-corrected chi connectivity index (χ1v) is 8.54. The Balaban J connectivity index is 0.00000182. The van der Waals surface area contributed by atoms with Gasteiger partial charge in [-0.2, -0.15) is 0 Å². The number of fused-ring (bicyclic) bond motifs is 3. The summed E-state index contributed by atoms with van der Waals surface area (Å²) in [6, 6.07) is 4.25. The highest BCUT2D eigenvalue weighted by atomic mass is 35.5. The summed E-state index contributed by atoms with van der Waals surface area (Å²) in [7, 11) is 7.28. The molecule has 0 saturated heterocycles. The van der Waals surface area contributed by atoms with Crippen molar-refractivity contribution in [3.63, 3.8) is 0 Å². The van der Waals surface area contributed by atoms with Crippen molar-refractivity contribution in [1.29, 1.82) is 0 Å². The second-order valence-electron chi connectivity index (χ2n) is 6.82. The van der Waals surface area contributed by atoms with E-state index in [9.17, 15) is 4.79 Å². The zero-order chi connectivity index (χ0) is 18.1. The molecule has 0 saturated carbocycles. The molecule has 2 aromatic rings. The van der Waals surface area contributed by atoms with E-state index in [1.807, 2.05) is 12.1 Å². The van der Waals surface area contributed by atoms with Crippen LogP contribution in [0, 0.1) is 0 Å². The van der Waals surface area contributed by atoms with Crippen LogP contribution in [0.15, 0.2) is 21.3 Å². The minimum Gasteiger partial charge on any atom is -0.493 e. The summed E-state index contributed by atoms with van der Waals surface area (Å²) in [5.41, 5.74) is 2.02. The lowest BCUT2D eigenvalue weighted by molar-refractivity contribution is 0.179. The maximum Gasteiger partial charge on any atom is 0.341 e. The molecule has 27 heavy (non-hydrogen) atoms. The first kappa shape index (κ1) is 23.6. The van der Waals surface area contributed by atoms with Crippen molar-refractivity contribution < 1.29 is 13.9 Å². The third-order valence-electron chi connectivity index (χ3n) is 5.09. The van der Waals surface area contributed by atoms with Gasteiger partial charge in [0.1, 0.15) is 0 Å². The Labute approximate surface area is 172 Å². The molecule has 0 aliphatic carbocycles. The van der Waals surface area contributed by atoms with E-state index < -0.39 is 0 Å². The van der Waals surface area contributed by atoms with Crippen molar-refractivity contribution in [1.82, 2.24) is 9.80 Å². The first-order chi connectivity index (χ1) is 12.0. The number of nitrogens with zero attached hydrogens (tertiary/aromatic N) is 2. The zero-order valence-corrected chi connectivity index (χ0v) is 18.0. The highest BCUT2D eigenvalue weighted by Gasteiger charge is 2.26. The van der Waals surface area contributed by atoms with Crippen molar-refractivity contribution in [2.45, 2.75) is 25.9 Å². The fraction of sp³-hybridized carbons (Fsp3) is 0.526. The van der Waals surface area contributed by atoms with E-state index in [0.717, 1.165) is 36.0 Å². The number of hydrogen-bond acceptors (Lipinski definition) is 6. The van der Waals surface area contributed by atoms with Crippen LogP contribution < -0.4 is 15.1 Å². The highest BCUT2D eigenvalue weighted by molar-refractivity contribution is 5.89. The smallest absolute Gasteiger partial charge is 0.341 e. The van der Waals surface area contributed by atoms with Gasteiger partial charge in [-0.1, -0.05) is 0 Å². The van der Waals surface area contributed by atoms with Gasteiger partial charge in [-0.25, -0.2) is 4.79 Å². The molecular formula is C19H28Cl2N2O4. The molecule has 1 aliphatic heterocycles. The third-order valence-corrected chi connectivity index (χ3v) is 5.09. The lowest BCUT2D eigenvalue weighted by atomic mass is 9.97. The van der Waals surface area contributed by atoms with Crippen molar-refractivity contribution in [3.05, 3.63) is 33.7 Å². The predicted octanol–water partition coefficient (Wildman–Crippen LogP) is 2.96. The molecule has 152 valence electrons. The van der Waals surface area contributed by atoms with Gasteiger partial charge in [0.2, 0.25) is 5.75 Å². The second-order valence-corrected chi connectivity index (χ2v) is 6.82. The van der Waals surface area contributed by atoms with Gasteiger partial charge in [0.15, 0.2) is 11.3 Å². The summed E-state index contributed by atoms with van der Waals surface area (Å²) >= 11 is 0. The van der Waals surface area contributed by atoms with Crippen LogP contribution in [0.25, 0.3) is 11.0 Å². The summed E-state index contributed by atoms with van der Waals surface area (Å²) in [5.74, 6) is 1.04. The normalized spacial score (nSPS) is 14.9. The third kappa shape index (κ3) is 4.51. The minimum atomic E-state index is -0.281. The summed E-state index contributed by atoms with van der Waals surface area (Å²) in [6.45, 7) is 4.67. The molecule has 1 aliphatic rings. The van der Waals surface area contributed by atoms with Gasteiger partial charge < -0.3 is 18.8 Å². The summed E-state index contributed by atoms with van der Waals surface area (Å²) < 4.78 is 16.4. The Hall–Kier alpha value is -1.47. The number of halogens is 2. The van der Waals surface area contributed by atoms with Gasteiger partial charge in [0, 0.05) is 31.1 Å². The Morgan fingerprint density at radius 2 is 1.89 bits per heavy atom. The number of benzene rings is 1. The average Bonchev–Trinajstić information content (AvgIpc) is 2.60. The second kappa shape index (κ2) is 9.64. The standard InChI is InChI=1S/C19H26N2O4.2ClH/c1-12(20(2)3)10-21-9-8-13-14-6-7-16(23-4)18(24-5)17(14)25-19(22)15(13)11-21;;/h6-7,12H,8-11H2,1-5H3;2*1H. The van der Waals surface area contributed by atoms with Gasteiger partial charge >= 0.3 is 5.63 Å². The molecular weight excluding hydrogens is 391 g/mol. The van der Waals surface area contributed by atoms with E-state index in [-0.39, 0.29) is 30.4 Å². The molecule has 8 heteroatoms. The molecule has 0 radical (unpaired) electrons. The molecule has 6 nitrogen and oxygen atoms in total. The number of ether oxygens (including phenoxy) is 2. The van der Waals surface area contributed by atoms with Crippen molar-refractivity contribution >= 4 is 35.8 Å². The number of hydrogen-bond donors (Lipinski definition) is 0. The molecule has 0 N–H and O–H groups in total. The molecule has 0 spiro atoms. The van der Waals surface area contributed by atoms with E-state index in [1.54, 1.807) is 14.2 Å². The molecule has 0 bridgehead atoms. The van der Waals surface area contributed by atoms with E-state index in [4.69, 9.17) is 13.9 Å². The van der Waals surface area contributed by atoms with Gasteiger partial charge in [-0.05, 0) is 45.1 Å². The van der Waals surface area contributed by atoms with E-state index in [0.29, 0.717) is 29.7 Å². The molecule has 1 atom stereocenters. The topological polar surface area (TPSA) is 55.2 Å². The minimum absolute atomic E-state index is 0. The largest absolute Gasteiger partial charge is 0.493 e. The zero-order valence-electron chi connectivity index (χ0n) is 16.4. The Morgan fingerprint density at radius 3 is 2.48 bits per heavy atom. The number of methoxy groups -OCH3 is 2. The maximum atomic E-state index is 12.6. The Kier molecular flexibility index (Phi) is 8.42. The van der Waals surface area contributed by atoms with Gasteiger partial charge in [-0.3, -0.25) is 4.90 Å². The van der Waals surface area contributed by atoms with E-state index >= 15 is 0 Å². The van der Waals surface area contributed by atoms with Gasteiger partial charge in [0.05, 0.1) is 19.8 Å². The molecule has 1 aromatic heterocycles. The fourth-order valence-corrected chi connectivity index (χ4v) is 3.39. The van der Waals surface area contributed by atoms with Crippen LogP contribution in [0.1, 0.15) is 18.1 Å². The van der Waals surface area contributed by atoms with E-state index in [1.165, 1.54) is 0 Å². The van der Waals surface area contributed by atoms with Crippen LogP contribution in [0.3, 0.4) is 0 Å². The van der Waals surface area contributed by atoms with Crippen LogP contribution in [0.5, 0.6) is 11.5 Å². The Bertz CT molecular complexity index is 839. The molecule has 2 heterocycles. The van der Waals surface area contributed by atoms with Crippen LogP contribution >= 0.6 is 24.8 Å². The van der Waals surface area contributed by atoms with Crippen molar-refractivity contribution in [2.75, 3.05) is 41.4 Å².